The van der Waals surface area contributed by atoms with Crippen LogP contribution in [0.2, 0.25) is 0 Å². The maximum absolute atomic E-state index is 11.7. The Kier molecular flexibility index (Phi) is 6.16. The molecule has 0 amide bonds. The fourth-order valence-electron chi connectivity index (χ4n) is 2.10. The number of benzene rings is 2. The van der Waals surface area contributed by atoms with E-state index < -0.39 is 11.1 Å². The molecule has 8 nitrogen and oxygen atoms in total. The van der Waals surface area contributed by atoms with Gasteiger partial charge in [-0.15, -0.1) is 0 Å². The Bertz CT molecular complexity index is 760. The highest BCUT2D eigenvalue weighted by Crippen LogP contribution is 2.27. The van der Waals surface area contributed by atoms with Crippen molar-refractivity contribution < 1.29 is 28.7 Å². The molecular formula is C17H17NO7. The van der Waals surface area contributed by atoms with Crippen molar-refractivity contribution in [3.8, 4) is 11.5 Å². The molecule has 0 N–H and O–H groups in total. The second-order valence-corrected chi connectivity index (χ2v) is 4.90. The summed E-state index contributed by atoms with van der Waals surface area (Å²) in [6, 6.07) is 11.1. The van der Waals surface area contributed by atoms with Gasteiger partial charge in [0.25, 0.3) is 5.69 Å². The first-order chi connectivity index (χ1) is 12.0. The number of carbonyl (C=O) groups excluding carboxylic acids is 1. The largest absolute Gasteiger partial charge is 0.508 e. The monoisotopic (exact) mass is 347 g/mol. The van der Waals surface area contributed by atoms with E-state index in [-0.39, 0.29) is 24.5 Å². The minimum Gasteiger partial charge on any atom is -0.493 e. The van der Waals surface area contributed by atoms with Gasteiger partial charge in [0.2, 0.25) is 0 Å². The van der Waals surface area contributed by atoms with Crippen LogP contribution in [-0.2, 0) is 22.7 Å². The number of hydrogen-bond donors (Lipinski definition) is 0. The Balaban J connectivity index is 1.90. The van der Waals surface area contributed by atoms with Gasteiger partial charge in [0.05, 0.1) is 24.7 Å². The third-order valence-electron chi connectivity index (χ3n) is 3.34. The smallest absolute Gasteiger partial charge is 0.493 e. The number of rotatable bonds is 7. The van der Waals surface area contributed by atoms with Gasteiger partial charge in [-0.05, 0) is 23.8 Å². The molecule has 0 saturated carbocycles. The van der Waals surface area contributed by atoms with E-state index >= 15 is 0 Å². The van der Waals surface area contributed by atoms with Crippen LogP contribution >= 0.6 is 0 Å². The van der Waals surface area contributed by atoms with Crippen LogP contribution in [0.15, 0.2) is 42.5 Å². The number of methoxy groups -OCH3 is 2. The van der Waals surface area contributed by atoms with Gasteiger partial charge in [-0.25, -0.2) is 4.79 Å². The fraction of sp³-hybridized carbons (Fsp3) is 0.235. The minimum atomic E-state index is -0.923. The van der Waals surface area contributed by atoms with E-state index in [4.69, 9.17) is 18.9 Å². The van der Waals surface area contributed by atoms with Crippen LogP contribution < -0.4 is 9.47 Å². The quantitative estimate of drug-likeness (QED) is 0.430. The zero-order valence-electron chi connectivity index (χ0n) is 13.8. The maximum Gasteiger partial charge on any atom is 0.508 e. The number of hydrogen-bond acceptors (Lipinski definition) is 7. The molecule has 0 spiro atoms. The fourth-order valence-corrected chi connectivity index (χ4v) is 2.10. The summed E-state index contributed by atoms with van der Waals surface area (Å²) in [7, 11) is 3.03. The summed E-state index contributed by atoms with van der Waals surface area (Å²) in [4.78, 5) is 22.0. The summed E-state index contributed by atoms with van der Waals surface area (Å²) < 4.78 is 20.2. The lowest BCUT2D eigenvalue weighted by atomic mass is 10.2. The van der Waals surface area contributed by atoms with Crippen LogP contribution in [-0.4, -0.2) is 25.3 Å². The first kappa shape index (κ1) is 18.1. The molecule has 8 heteroatoms. The third-order valence-corrected chi connectivity index (χ3v) is 3.34. The van der Waals surface area contributed by atoms with E-state index in [1.165, 1.54) is 32.4 Å². The van der Waals surface area contributed by atoms with Gasteiger partial charge in [0.1, 0.15) is 13.2 Å². The molecule has 0 heterocycles. The number of nitro groups is 1. The van der Waals surface area contributed by atoms with Gasteiger partial charge in [-0.1, -0.05) is 18.2 Å². The Labute approximate surface area is 144 Å². The molecule has 0 aliphatic heterocycles. The molecule has 0 unspecified atom stereocenters. The minimum absolute atomic E-state index is 0.0317. The molecule has 0 aromatic heterocycles. The summed E-state index contributed by atoms with van der Waals surface area (Å²) >= 11 is 0. The standard InChI is InChI=1S/C17H17NO7/c1-22-15-8-7-12(9-16(15)23-2)10-24-17(19)25-11-13-5-3-4-6-14(13)18(20)21/h3-9H,10-11H2,1-2H3. The zero-order chi connectivity index (χ0) is 18.2. The molecule has 0 bridgehead atoms. The van der Waals surface area contributed by atoms with Crippen molar-refractivity contribution in [1.82, 2.24) is 0 Å². The van der Waals surface area contributed by atoms with Crippen LogP contribution in [0.3, 0.4) is 0 Å². The molecule has 0 atom stereocenters. The summed E-state index contributed by atoms with van der Waals surface area (Å²) in [6.45, 7) is -0.280. The highest BCUT2D eigenvalue weighted by atomic mass is 16.7. The topological polar surface area (TPSA) is 97.1 Å². The Morgan fingerprint density at radius 1 is 1.00 bits per heavy atom. The van der Waals surface area contributed by atoms with Gasteiger partial charge in [-0.2, -0.15) is 0 Å². The van der Waals surface area contributed by atoms with E-state index in [9.17, 15) is 14.9 Å². The summed E-state index contributed by atoms with van der Waals surface area (Å²) in [6.07, 6.45) is -0.923. The lowest BCUT2D eigenvalue weighted by molar-refractivity contribution is -0.385. The second kappa shape index (κ2) is 8.53. The van der Waals surface area contributed by atoms with Crippen LogP contribution in [0.5, 0.6) is 11.5 Å². The summed E-state index contributed by atoms with van der Waals surface area (Å²) in [5.41, 5.74) is 0.853. The average Bonchev–Trinajstić information content (AvgIpc) is 2.64. The van der Waals surface area contributed by atoms with Crippen molar-refractivity contribution in [2.24, 2.45) is 0 Å². The molecular weight excluding hydrogens is 330 g/mol. The first-order valence-electron chi connectivity index (χ1n) is 7.28. The molecule has 25 heavy (non-hydrogen) atoms. The molecule has 0 saturated heterocycles. The second-order valence-electron chi connectivity index (χ2n) is 4.90. The van der Waals surface area contributed by atoms with Crippen molar-refractivity contribution in [3.05, 3.63) is 63.7 Å². The molecule has 0 radical (unpaired) electrons. The third kappa shape index (κ3) is 4.84. The van der Waals surface area contributed by atoms with Crippen LogP contribution in [0.1, 0.15) is 11.1 Å². The van der Waals surface area contributed by atoms with E-state index in [1.54, 1.807) is 24.3 Å². The van der Waals surface area contributed by atoms with Crippen LogP contribution in [0, 0.1) is 10.1 Å². The number of carbonyl (C=O) groups is 1. The Morgan fingerprint density at radius 3 is 2.36 bits per heavy atom. The number of ether oxygens (including phenoxy) is 4. The van der Waals surface area contributed by atoms with Crippen molar-refractivity contribution in [2.75, 3.05) is 14.2 Å². The van der Waals surface area contributed by atoms with Crippen LogP contribution in [0.4, 0.5) is 10.5 Å². The van der Waals surface area contributed by atoms with E-state index in [2.05, 4.69) is 0 Å². The highest BCUT2D eigenvalue weighted by Gasteiger charge is 2.15. The normalized spacial score (nSPS) is 10.0. The molecule has 2 rings (SSSR count). The predicted molar refractivity (Wildman–Crippen MR) is 87.6 cm³/mol. The van der Waals surface area contributed by atoms with Gasteiger partial charge in [0, 0.05) is 6.07 Å². The summed E-state index contributed by atoms with van der Waals surface area (Å²) in [5, 5.41) is 10.9. The van der Waals surface area contributed by atoms with Crippen molar-refractivity contribution in [1.29, 1.82) is 0 Å². The van der Waals surface area contributed by atoms with E-state index in [0.717, 1.165) is 0 Å². The van der Waals surface area contributed by atoms with Crippen LogP contribution in [0.25, 0.3) is 0 Å². The van der Waals surface area contributed by atoms with Crippen molar-refractivity contribution >= 4 is 11.8 Å². The Hall–Kier alpha value is -3.29. The van der Waals surface area contributed by atoms with Gasteiger partial charge in [-0.3, -0.25) is 10.1 Å². The Morgan fingerprint density at radius 2 is 1.68 bits per heavy atom. The predicted octanol–water partition coefficient (Wildman–Crippen LogP) is 3.47. The molecule has 0 fully saturated rings. The van der Waals surface area contributed by atoms with E-state index in [1.807, 2.05) is 0 Å². The number of nitro benzene ring substituents is 1. The molecule has 2 aromatic carbocycles. The lowest BCUT2D eigenvalue weighted by Gasteiger charge is -2.10. The average molecular weight is 347 g/mol. The SMILES string of the molecule is COc1ccc(COC(=O)OCc2ccccc2[N+](=O)[O-])cc1OC. The number of nitrogens with zero attached hydrogens (tertiary/aromatic N) is 1. The first-order valence-corrected chi connectivity index (χ1v) is 7.28. The summed E-state index contributed by atoms with van der Waals surface area (Å²) in [5.74, 6) is 1.07. The molecule has 0 aliphatic rings. The van der Waals surface area contributed by atoms with Crippen molar-refractivity contribution in [3.63, 3.8) is 0 Å². The van der Waals surface area contributed by atoms with Gasteiger partial charge in [0.15, 0.2) is 11.5 Å². The maximum atomic E-state index is 11.7. The van der Waals surface area contributed by atoms with Gasteiger partial charge >= 0.3 is 6.16 Å². The van der Waals surface area contributed by atoms with Gasteiger partial charge < -0.3 is 18.9 Å². The molecule has 0 aliphatic carbocycles. The highest BCUT2D eigenvalue weighted by molar-refractivity contribution is 5.60. The van der Waals surface area contributed by atoms with E-state index in [0.29, 0.717) is 17.1 Å². The lowest BCUT2D eigenvalue weighted by Crippen LogP contribution is -2.08. The van der Waals surface area contributed by atoms with Crippen molar-refractivity contribution in [2.45, 2.75) is 13.2 Å². The number of para-hydroxylation sites is 1. The molecule has 2 aromatic rings. The molecule has 132 valence electrons. The zero-order valence-corrected chi connectivity index (χ0v) is 13.8.